The number of likely N-dealkylation sites (N-methyl/N-ethyl adjacent to an activating group) is 1. The van der Waals surface area contributed by atoms with E-state index in [1.165, 1.54) is 13.3 Å². The van der Waals surface area contributed by atoms with Crippen LogP contribution >= 0.6 is 0 Å². The summed E-state index contributed by atoms with van der Waals surface area (Å²) in [5, 5.41) is 4.60. The Morgan fingerprint density at radius 2 is 2.23 bits per heavy atom. The molecule has 1 rings (SSSR count). The minimum absolute atomic E-state index is 0.221. The average Bonchev–Trinajstić information content (AvgIpc) is 2.65. The second-order valence-corrected chi connectivity index (χ2v) is 2.34. The molecule has 0 aliphatic heterocycles. The van der Waals surface area contributed by atoms with E-state index in [1.54, 1.807) is 12.1 Å². The van der Waals surface area contributed by atoms with Crippen molar-refractivity contribution in [1.29, 1.82) is 0 Å². The molecular weight excluding hydrogens is 172 g/mol. The van der Waals surface area contributed by atoms with Gasteiger partial charge in [0.1, 0.15) is 5.76 Å². The van der Waals surface area contributed by atoms with E-state index in [9.17, 15) is 9.59 Å². The van der Waals surface area contributed by atoms with E-state index in [0.29, 0.717) is 5.76 Å². The average molecular weight is 182 g/mol. The summed E-state index contributed by atoms with van der Waals surface area (Å²) in [7, 11) is 1.40. The third-order valence-corrected chi connectivity index (χ3v) is 1.44. The van der Waals surface area contributed by atoms with Crippen LogP contribution in [0.15, 0.2) is 22.8 Å². The molecule has 0 saturated carbocycles. The van der Waals surface area contributed by atoms with Crippen molar-refractivity contribution in [3.05, 3.63) is 24.2 Å². The second kappa shape index (κ2) is 4.30. The van der Waals surface area contributed by atoms with E-state index in [-0.39, 0.29) is 6.54 Å². The summed E-state index contributed by atoms with van der Waals surface area (Å²) in [6.45, 7) is 0.221. The SMILES string of the molecule is CNC(=O)C(=O)NCc1ccco1. The summed E-state index contributed by atoms with van der Waals surface area (Å²) >= 11 is 0. The van der Waals surface area contributed by atoms with Gasteiger partial charge in [-0.2, -0.15) is 0 Å². The standard InChI is InChI=1S/C8H10N2O3/c1-9-7(11)8(12)10-5-6-3-2-4-13-6/h2-4H,5H2,1H3,(H,9,11)(H,10,12). The number of carbonyl (C=O) groups is 2. The number of amides is 2. The maximum Gasteiger partial charge on any atom is 0.309 e. The quantitative estimate of drug-likeness (QED) is 0.613. The summed E-state index contributed by atoms with van der Waals surface area (Å²) < 4.78 is 4.95. The van der Waals surface area contributed by atoms with Gasteiger partial charge in [0.15, 0.2) is 0 Å². The molecule has 5 heteroatoms. The molecule has 1 aromatic heterocycles. The van der Waals surface area contributed by atoms with Gasteiger partial charge in [0, 0.05) is 7.05 Å². The molecule has 0 bridgehead atoms. The molecule has 5 nitrogen and oxygen atoms in total. The Balaban J connectivity index is 2.35. The molecule has 0 fully saturated rings. The summed E-state index contributed by atoms with van der Waals surface area (Å²) in [6.07, 6.45) is 1.50. The Bertz CT molecular complexity index is 292. The van der Waals surface area contributed by atoms with Crippen LogP contribution in [0.3, 0.4) is 0 Å². The Morgan fingerprint density at radius 1 is 1.46 bits per heavy atom. The molecule has 0 aromatic carbocycles. The highest BCUT2D eigenvalue weighted by molar-refractivity contribution is 6.34. The van der Waals surface area contributed by atoms with Gasteiger partial charge in [-0.1, -0.05) is 0 Å². The van der Waals surface area contributed by atoms with E-state index >= 15 is 0 Å². The van der Waals surface area contributed by atoms with Crippen LogP contribution in [0.25, 0.3) is 0 Å². The highest BCUT2D eigenvalue weighted by atomic mass is 16.3. The zero-order valence-corrected chi connectivity index (χ0v) is 7.16. The first-order valence-corrected chi connectivity index (χ1v) is 3.76. The molecule has 1 aromatic rings. The normalized spacial score (nSPS) is 9.31. The molecule has 1 heterocycles. The van der Waals surface area contributed by atoms with Crippen molar-refractivity contribution in [1.82, 2.24) is 10.6 Å². The van der Waals surface area contributed by atoms with Crippen molar-refractivity contribution in [2.45, 2.75) is 6.54 Å². The number of hydrogen-bond donors (Lipinski definition) is 2. The molecule has 0 saturated heterocycles. The lowest BCUT2D eigenvalue weighted by Crippen LogP contribution is -2.37. The molecule has 0 unspecified atom stereocenters. The minimum Gasteiger partial charge on any atom is -0.467 e. The van der Waals surface area contributed by atoms with Crippen molar-refractivity contribution in [2.24, 2.45) is 0 Å². The number of nitrogens with one attached hydrogen (secondary N) is 2. The van der Waals surface area contributed by atoms with Crippen molar-refractivity contribution < 1.29 is 14.0 Å². The lowest BCUT2D eigenvalue weighted by atomic mass is 10.4. The van der Waals surface area contributed by atoms with Gasteiger partial charge in [-0.3, -0.25) is 9.59 Å². The van der Waals surface area contributed by atoms with Crippen LogP contribution in [0.2, 0.25) is 0 Å². The predicted molar refractivity (Wildman–Crippen MR) is 44.6 cm³/mol. The smallest absolute Gasteiger partial charge is 0.309 e. The van der Waals surface area contributed by atoms with E-state index < -0.39 is 11.8 Å². The van der Waals surface area contributed by atoms with Gasteiger partial charge in [0.05, 0.1) is 12.8 Å². The van der Waals surface area contributed by atoms with Crippen LogP contribution in [0.4, 0.5) is 0 Å². The number of furan rings is 1. The monoisotopic (exact) mass is 182 g/mol. The lowest BCUT2D eigenvalue weighted by Gasteiger charge is -2.00. The van der Waals surface area contributed by atoms with Crippen LogP contribution < -0.4 is 10.6 Å². The third kappa shape index (κ3) is 2.62. The van der Waals surface area contributed by atoms with Crippen molar-refractivity contribution >= 4 is 11.8 Å². The Morgan fingerprint density at radius 3 is 2.77 bits per heavy atom. The van der Waals surface area contributed by atoms with Gasteiger partial charge < -0.3 is 15.1 Å². The van der Waals surface area contributed by atoms with Crippen LogP contribution in [-0.2, 0) is 16.1 Å². The lowest BCUT2D eigenvalue weighted by molar-refractivity contribution is -0.139. The zero-order chi connectivity index (χ0) is 9.68. The van der Waals surface area contributed by atoms with Gasteiger partial charge >= 0.3 is 11.8 Å². The van der Waals surface area contributed by atoms with Gasteiger partial charge in [-0.15, -0.1) is 0 Å². The van der Waals surface area contributed by atoms with Gasteiger partial charge in [-0.25, -0.2) is 0 Å². The first kappa shape index (κ1) is 9.31. The Kier molecular flexibility index (Phi) is 3.08. The summed E-state index contributed by atoms with van der Waals surface area (Å²) in [5.41, 5.74) is 0. The topological polar surface area (TPSA) is 71.3 Å². The van der Waals surface area contributed by atoms with E-state index in [2.05, 4.69) is 10.6 Å². The Hall–Kier alpha value is -1.78. The zero-order valence-electron chi connectivity index (χ0n) is 7.16. The molecule has 0 aliphatic rings. The molecule has 0 spiro atoms. The van der Waals surface area contributed by atoms with E-state index in [1.807, 2.05) is 0 Å². The second-order valence-electron chi connectivity index (χ2n) is 2.34. The molecule has 2 amide bonds. The fourth-order valence-corrected chi connectivity index (χ4v) is 0.774. The maximum atomic E-state index is 10.9. The van der Waals surface area contributed by atoms with Crippen molar-refractivity contribution in [3.63, 3.8) is 0 Å². The molecule has 70 valence electrons. The largest absolute Gasteiger partial charge is 0.467 e. The van der Waals surface area contributed by atoms with Crippen LogP contribution in [0, 0.1) is 0 Å². The van der Waals surface area contributed by atoms with Crippen LogP contribution in [-0.4, -0.2) is 18.9 Å². The van der Waals surface area contributed by atoms with Crippen LogP contribution in [0.1, 0.15) is 5.76 Å². The molecule has 0 atom stereocenters. The number of carbonyl (C=O) groups excluding carboxylic acids is 2. The maximum absolute atomic E-state index is 10.9. The van der Waals surface area contributed by atoms with E-state index in [4.69, 9.17) is 4.42 Å². The summed E-state index contributed by atoms with van der Waals surface area (Å²) in [4.78, 5) is 21.6. The molecular formula is C8H10N2O3. The molecule has 2 N–H and O–H groups in total. The first-order chi connectivity index (χ1) is 6.24. The molecule has 0 aliphatic carbocycles. The van der Waals surface area contributed by atoms with Crippen molar-refractivity contribution in [3.8, 4) is 0 Å². The highest BCUT2D eigenvalue weighted by Gasteiger charge is 2.10. The minimum atomic E-state index is -0.668. The third-order valence-electron chi connectivity index (χ3n) is 1.44. The van der Waals surface area contributed by atoms with Gasteiger partial charge in [0.2, 0.25) is 0 Å². The van der Waals surface area contributed by atoms with Gasteiger partial charge in [0.25, 0.3) is 0 Å². The highest BCUT2D eigenvalue weighted by Crippen LogP contribution is 1.97. The van der Waals surface area contributed by atoms with Gasteiger partial charge in [-0.05, 0) is 12.1 Å². The molecule has 13 heavy (non-hydrogen) atoms. The predicted octanol–water partition coefficient (Wildman–Crippen LogP) is -0.358. The first-order valence-electron chi connectivity index (χ1n) is 3.76. The number of rotatable bonds is 2. The molecule has 0 radical (unpaired) electrons. The summed E-state index contributed by atoms with van der Waals surface area (Å²) in [5.74, 6) is -0.720. The number of hydrogen-bond acceptors (Lipinski definition) is 3. The van der Waals surface area contributed by atoms with E-state index in [0.717, 1.165) is 0 Å². The Labute approximate surface area is 75.1 Å². The fourth-order valence-electron chi connectivity index (χ4n) is 0.774. The fraction of sp³-hybridized carbons (Fsp3) is 0.250. The summed E-state index contributed by atoms with van der Waals surface area (Å²) in [6, 6.07) is 3.42. The van der Waals surface area contributed by atoms with Crippen LogP contribution in [0.5, 0.6) is 0 Å². The van der Waals surface area contributed by atoms with Crippen molar-refractivity contribution in [2.75, 3.05) is 7.05 Å².